The van der Waals surface area contributed by atoms with E-state index in [1.165, 1.54) is 0 Å². The van der Waals surface area contributed by atoms with Crippen LogP contribution >= 0.6 is 0 Å². The Labute approximate surface area is 122 Å². The van der Waals surface area contributed by atoms with Crippen LogP contribution in [0.25, 0.3) is 0 Å². The van der Waals surface area contributed by atoms with Crippen molar-refractivity contribution in [3.05, 3.63) is 0 Å². The molecule has 6 nitrogen and oxygen atoms in total. The van der Waals surface area contributed by atoms with Crippen LogP contribution in [0.5, 0.6) is 0 Å². The average Bonchev–Trinajstić information content (AvgIpc) is 2.49. The molecule has 0 radical (unpaired) electrons. The fourth-order valence-electron chi connectivity index (χ4n) is 1.95. The lowest BCUT2D eigenvalue weighted by molar-refractivity contribution is -0.0250. The number of rotatable bonds is 13. The van der Waals surface area contributed by atoms with Gasteiger partial charge in [-0.25, -0.2) is 0 Å². The Morgan fingerprint density at radius 2 is 1.40 bits per heavy atom. The molecule has 1 saturated heterocycles. The molecule has 1 rings (SSSR count). The molecule has 0 unspecified atom stereocenters. The summed E-state index contributed by atoms with van der Waals surface area (Å²) in [5.41, 5.74) is 0. The van der Waals surface area contributed by atoms with E-state index in [-0.39, 0.29) is 0 Å². The van der Waals surface area contributed by atoms with Crippen LogP contribution in [0, 0.1) is 0 Å². The largest absolute Gasteiger partial charge is 0.378 e. The number of hydrogen-bond acceptors (Lipinski definition) is 6. The fourth-order valence-corrected chi connectivity index (χ4v) is 1.95. The van der Waals surface area contributed by atoms with Crippen LogP contribution in [-0.4, -0.2) is 79.0 Å². The average molecular weight is 290 g/mol. The van der Waals surface area contributed by atoms with Crippen molar-refractivity contribution in [2.75, 3.05) is 72.9 Å². The summed E-state index contributed by atoms with van der Waals surface area (Å²) in [5, 5.41) is 6.34. The summed E-state index contributed by atoms with van der Waals surface area (Å²) in [7, 11) is 1.91. The standard InChI is InChI=1S/C14H30N2O4/c1-15-6-7-17-8-9-18-10-11-19-12-13-20-14-2-4-16-5-3-14/h14-16H,2-13H2,1H3. The van der Waals surface area contributed by atoms with E-state index in [0.29, 0.717) is 45.7 Å². The van der Waals surface area contributed by atoms with Gasteiger partial charge in [0.1, 0.15) is 0 Å². The molecule has 0 aromatic heterocycles. The Morgan fingerprint density at radius 1 is 0.850 bits per heavy atom. The molecule has 1 heterocycles. The molecule has 20 heavy (non-hydrogen) atoms. The topological polar surface area (TPSA) is 61.0 Å². The molecule has 0 aromatic rings. The van der Waals surface area contributed by atoms with Crippen molar-refractivity contribution in [1.29, 1.82) is 0 Å². The second-order valence-electron chi connectivity index (χ2n) is 4.76. The maximum absolute atomic E-state index is 5.73. The van der Waals surface area contributed by atoms with Crippen LogP contribution in [0.15, 0.2) is 0 Å². The summed E-state index contributed by atoms with van der Waals surface area (Å²) < 4.78 is 21.9. The van der Waals surface area contributed by atoms with Gasteiger partial charge in [-0.3, -0.25) is 0 Å². The highest BCUT2D eigenvalue weighted by Crippen LogP contribution is 2.06. The van der Waals surface area contributed by atoms with Crippen LogP contribution in [0.2, 0.25) is 0 Å². The summed E-state index contributed by atoms with van der Waals surface area (Å²) in [5.74, 6) is 0. The lowest BCUT2D eigenvalue weighted by atomic mass is 10.1. The maximum Gasteiger partial charge on any atom is 0.0704 e. The lowest BCUT2D eigenvalue weighted by Gasteiger charge is -2.22. The molecule has 0 aliphatic carbocycles. The van der Waals surface area contributed by atoms with Gasteiger partial charge in [0.15, 0.2) is 0 Å². The minimum Gasteiger partial charge on any atom is -0.378 e. The molecule has 0 amide bonds. The molecule has 6 heteroatoms. The van der Waals surface area contributed by atoms with Crippen molar-refractivity contribution in [3.63, 3.8) is 0 Å². The first-order valence-electron chi connectivity index (χ1n) is 7.63. The third-order valence-corrected chi connectivity index (χ3v) is 3.11. The number of nitrogens with one attached hydrogen (secondary N) is 2. The number of hydrogen-bond donors (Lipinski definition) is 2. The van der Waals surface area contributed by atoms with Crippen molar-refractivity contribution >= 4 is 0 Å². The number of likely N-dealkylation sites (N-methyl/N-ethyl adjacent to an activating group) is 1. The first kappa shape index (κ1) is 17.8. The van der Waals surface area contributed by atoms with Gasteiger partial charge >= 0.3 is 0 Å². The van der Waals surface area contributed by atoms with E-state index in [4.69, 9.17) is 18.9 Å². The van der Waals surface area contributed by atoms with Crippen molar-refractivity contribution in [3.8, 4) is 0 Å². The van der Waals surface area contributed by atoms with E-state index in [9.17, 15) is 0 Å². The first-order valence-corrected chi connectivity index (χ1v) is 7.63. The number of ether oxygens (including phenoxy) is 4. The molecule has 0 spiro atoms. The molecule has 1 aliphatic heterocycles. The summed E-state index contributed by atoms with van der Waals surface area (Å²) in [4.78, 5) is 0. The molecule has 0 atom stereocenters. The minimum absolute atomic E-state index is 0.408. The highest BCUT2D eigenvalue weighted by molar-refractivity contribution is 4.67. The highest BCUT2D eigenvalue weighted by Gasteiger charge is 2.12. The Morgan fingerprint density at radius 3 is 2.00 bits per heavy atom. The third kappa shape index (κ3) is 10.5. The second-order valence-corrected chi connectivity index (χ2v) is 4.76. The van der Waals surface area contributed by atoms with Crippen molar-refractivity contribution < 1.29 is 18.9 Å². The quantitative estimate of drug-likeness (QED) is 0.467. The predicted octanol–water partition coefficient (Wildman–Crippen LogP) is 0.0242. The monoisotopic (exact) mass is 290 g/mol. The Bertz CT molecular complexity index is 202. The molecule has 120 valence electrons. The van der Waals surface area contributed by atoms with Crippen LogP contribution in [-0.2, 0) is 18.9 Å². The molecular weight excluding hydrogens is 260 g/mol. The highest BCUT2D eigenvalue weighted by atomic mass is 16.6. The summed E-state index contributed by atoms with van der Waals surface area (Å²) in [6.45, 7) is 7.55. The Kier molecular flexibility index (Phi) is 12.2. The van der Waals surface area contributed by atoms with Crippen LogP contribution in [0.1, 0.15) is 12.8 Å². The maximum atomic E-state index is 5.73. The third-order valence-electron chi connectivity index (χ3n) is 3.11. The second kappa shape index (κ2) is 13.7. The normalized spacial score (nSPS) is 16.6. The van der Waals surface area contributed by atoms with Gasteiger partial charge in [0, 0.05) is 6.54 Å². The van der Waals surface area contributed by atoms with Gasteiger partial charge in [-0.15, -0.1) is 0 Å². The molecule has 0 aromatic carbocycles. The van der Waals surface area contributed by atoms with E-state index in [1.54, 1.807) is 0 Å². The van der Waals surface area contributed by atoms with Gasteiger partial charge in [0.2, 0.25) is 0 Å². The summed E-state index contributed by atoms with van der Waals surface area (Å²) >= 11 is 0. The first-order chi connectivity index (χ1) is 9.93. The fraction of sp³-hybridized carbons (Fsp3) is 1.00. The van der Waals surface area contributed by atoms with Gasteiger partial charge < -0.3 is 29.6 Å². The minimum atomic E-state index is 0.408. The predicted molar refractivity (Wildman–Crippen MR) is 78.2 cm³/mol. The van der Waals surface area contributed by atoms with Crippen molar-refractivity contribution in [1.82, 2.24) is 10.6 Å². The molecular formula is C14H30N2O4. The zero-order valence-corrected chi connectivity index (χ0v) is 12.7. The SMILES string of the molecule is CNCCOCCOCCOCCOC1CCNCC1. The van der Waals surface area contributed by atoms with Gasteiger partial charge in [-0.05, 0) is 33.0 Å². The van der Waals surface area contributed by atoms with E-state index in [0.717, 1.165) is 39.1 Å². The van der Waals surface area contributed by atoms with E-state index < -0.39 is 0 Å². The zero-order valence-electron chi connectivity index (χ0n) is 12.7. The molecule has 1 aliphatic rings. The smallest absolute Gasteiger partial charge is 0.0704 e. The van der Waals surface area contributed by atoms with E-state index in [2.05, 4.69) is 10.6 Å². The van der Waals surface area contributed by atoms with Gasteiger partial charge in [0.05, 0.1) is 52.4 Å². The Hall–Kier alpha value is -0.240. The van der Waals surface area contributed by atoms with Crippen LogP contribution in [0.3, 0.4) is 0 Å². The number of piperidine rings is 1. The van der Waals surface area contributed by atoms with Crippen molar-refractivity contribution in [2.24, 2.45) is 0 Å². The molecule has 1 fully saturated rings. The lowest BCUT2D eigenvalue weighted by Crippen LogP contribution is -2.33. The summed E-state index contributed by atoms with van der Waals surface area (Å²) in [6, 6.07) is 0. The van der Waals surface area contributed by atoms with Gasteiger partial charge in [-0.2, -0.15) is 0 Å². The molecule has 0 bridgehead atoms. The van der Waals surface area contributed by atoms with Crippen LogP contribution in [0.4, 0.5) is 0 Å². The zero-order chi connectivity index (χ0) is 14.3. The van der Waals surface area contributed by atoms with E-state index >= 15 is 0 Å². The summed E-state index contributed by atoms with van der Waals surface area (Å²) in [6.07, 6.45) is 2.62. The van der Waals surface area contributed by atoms with Crippen LogP contribution < -0.4 is 10.6 Å². The Balaban J connectivity index is 1.70. The van der Waals surface area contributed by atoms with E-state index in [1.807, 2.05) is 7.05 Å². The van der Waals surface area contributed by atoms with Crippen molar-refractivity contribution in [2.45, 2.75) is 18.9 Å². The molecule has 2 N–H and O–H groups in total. The molecule has 0 saturated carbocycles. The van der Waals surface area contributed by atoms with Gasteiger partial charge in [-0.1, -0.05) is 0 Å². The van der Waals surface area contributed by atoms with Gasteiger partial charge in [0.25, 0.3) is 0 Å².